The van der Waals surface area contributed by atoms with Crippen molar-refractivity contribution in [3.8, 4) is 5.88 Å². The molecule has 0 bridgehead atoms. The van der Waals surface area contributed by atoms with E-state index in [0.717, 1.165) is 30.6 Å². The van der Waals surface area contributed by atoms with E-state index in [4.69, 9.17) is 5.73 Å². The molecule has 15 heteroatoms. The number of aromatic nitrogens is 2. The fourth-order valence-electron chi connectivity index (χ4n) is 3.09. The maximum atomic E-state index is 14.6. The van der Waals surface area contributed by atoms with Crippen LogP contribution in [0.25, 0.3) is 0 Å². The van der Waals surface area contributed by atoms with Gasteiger partial charge < -0.3 is 20.5 Å². The van der Waals surface area contributed by atoms with Crippen LogP contribution in [-0.2, 0) is 10.3 Å². The van der Waals surface area contributed by atoms with Gasteiger partial charge in [-0.25, -0.2) is 19.4 Å². The van der Waals surface area contributed by atoms with Crippen molar-refractivity contribution in [1.82, 2.24) is 9.97 Å². The molecule has 2 aromatic rings. The number of hydrogen-bond donors (Lipinski definition) is 2. The zero-order valence-electron chi connectivity index (χ0n) is 17.2. The van der Waals surface area contributed by atoms with Gasteiger partial charge in [0.05, 0.1) is 17.9 Å². The molecule has 3 rings (SSSR count). The number of nitrogens with two attached hydrogens (primary N) is 1. The number of alkyl halides is 6. The Balaban J connectivity index is 1.79. The average Bonchev–Trinajstić information content (AvgIpc) is 2.72. The van der Waals surface area contributed by atoms with Crippen molar-refractivity contribution in [3.05, 3.63) is 47.7 Å². The molecule has 1 aromatic carbocycles. The van der Waals surface area contributed by atoms with Gasteiger partial charge in [-0.15, -0.1) is 0 Å². The lowest BCUT2D eigenvalue weighted by Crippen LogP contribution is -2.46. The predicted molar refractivity (Wildman–Crippen MR) is 102 cm³/mol. The molecule has 2 atom stereocenters. The van der Waals surface area contributed by atoms with E-state index in [9.17, 15) is 35.5 Å². The van der Waals surface area contributed by atoms with Gasteiger partial charge >= 0.3 is 12.4 Å². The molecule has 8 nitrogen and oxygen atoms in total. The number of amidine groups is 1. The van der Waals surface area contributed by atoms with Crippen molar-refractivity contribution in [3.63, 3.8) is 0 Å². The van der Waals surface area contributed by atoms with E-state index >= 15 is 0 Å². The summed E-state index contributed by atoms with van der Waals surface area (Å²) in [5.74, 6) is -2.24. The first-order valence-electron chi connectivity index (χ1n) is 9.38. The number of anilines is 1. The number of carbonyl (C=O) groups excluding carboxylic acids is 1. The molecule has 0 spiro atoms. The third kappa shape index (κ3) is 6.02. The second-order valence-corrected chi connectivity index (χ2v) is 7.37. The largest absolute Gasteiger partial charge is 0.467 e. The minimum atomic E-state index is -4.78. The Labute approximate surface area is 187 Å². The lowest BCUT2D eigenvalue weighted by atomic mass is 9.85. The van der Waals surface area contributed by atoms with Gasteiger partial charge in [-0.2, -0.15) is 26.3 Å². The van der Waals surface area contributed by atoms with Crippen LogP contribution >= 0.6 is 0 Å². The maximum absolute atomic E-state index is 14.6. The first kappa shape index (κ1) is 25.0. The standard InChI is InChI=1S/C19H16F7N5O3/c1-17(5-13(19(24,25)26)34-16(27)31-17)10-4-9(2-3-11(10)20)30-15(32)12-6-29-14(7-28-12)33-8-18(21,22)23/h2-4,6-7,13H,5,8H2,1H3,(H2,27,31)(H,30,32)/t13-,17+/m0/s1. The number of aliphatic imine (C=N–C) groups is 1. The highest BCUT2D eigenvalue weighted by Gasteiger charge is 2.50. The minimum Gasteiger partial charge on any atom is -0.467 e. The molecule has 0 saturated carbocycles. The lowest BCUT2D eigenvalue weighted by molar-refractivity contribution is -0.208. The van der Waals surface area contributed by atoms with Crippen molar-refractivity contribution in [2.24, 2.45) is 10.7 Å². The van der Waals surface area contributed by atoms with Crippen molar-refractivity contribution in [1.29, 1.82) is 0 Å². The van der Waals surface area contributed by atoms with E-state index in [2.05, 4.69) is 29.8 Å². The molecular weight excluding hydrogens is 479 g/mol. The first-order valence-corrected chi connectivity index (χ1v) is 9.38. The number of benzene rings is 1. The Morgan fingerprint density at radius 3 is 2.53 bits per heavy atom. The Morgan fingerprint density at radius 2 is 1.94 bits per heavy atom. The number of nitrogens with one attached hydrogen (secondary N) is 1. The highest BCUT2D eigenvalue weighted by atomic mass is 19.4. The van der Waals surface area contributed by atoms with E-state index in [-0.39, 0.29) is 16.9 Å². The van der Waals surface area contributed by atoms with Gasteiger partial charge in [0.25, 0.3) is 11.9 Å². The number of hydrogen-bond acceptors (Lipinski definition) is 7. The van der Waals surface area contributed by atoms with Gasteiger partial charge in [0, 0.05) is 17.7 Å². The van der Waals surface area contributed by atoms with Crippen LogP contribution in [-0.4, -0.2) is 47.0 Å². The maximum Gasteiger partial charge on any atom is 0.425 e. The molecule has 1 amide bonds. The summed E-state index contributed by atoms with van der Waals surface area (Å²) in [6.45, 7) is -0.367. The summed E-state index contributed by atoms with van der Waals surface area (Å²) in [4.78, 5) is 23.4. The smallest absolute Gasteiger partial charge is 0.425 e. The summed E-state index contributed by atoms with van der Waals surface area (Å²) < 4.78 is 99.5. The van der Waals surface area contributed by atoms with E-state index < -0.39 is 60.6 Å². The Bertz CT molecular complexity index is 1090. The highest BCUT2D eigenvalue weighted by molar-refractivity contribution is 6.02. The van der Waals surface area contributed by atoms with Gasteiger partial charge in [0.2, 0.25) is 5.88 Å². The lowest BCUT2D eigenvalue weighted by Gasteiger charge is -2.36. The second-order valence-electron chi connectivity index (χ2n) is 7.37. The number of rotatable bonds is 5. The van der Waals surface area contributed by atoms with Crippen LogP contribution < -0.4 is 15.8 Å². The zero-order valence-corrected chi connectivity index (χ0v) is 17.2. The van der Waals surface area contributed by atoms with Gasteiger partial charge in [-0.1, -0.05) is 0 Å². The first-order chi connectivity index (χ1) is 15.7. The summed E-state index contributed by atoms with van der Waals surface area (Å²) in [6, 6.07) is 2.37. The molecule has 0 fully saturated rings. The average molecular weight is 495 g/mol. The Morgan fingerprint density at radius 1 is 1.24 bits per heavy atom. The van der Waals surface area contributed by atoms with Crippen molar-refractivity contribution >= 4 is 17.6 Å². The van der Waals surface area contributed by atoms with Crippen LogP contribution in [0.5, 0.6) is 5.88 Å². The summed E-state index contributed by atoms with van der Waals surface area (Å²) >= 11 is 0. The van der Waals surface area contributed by atoms with Crippen LogP contribution in [0.3, 0.4) is 0 Å². The molecule has 0 unspecified atom stereocenters. The zero-order chi connectivity index (χ0) is 25.3. The monoisotopic (exact) mass is 495 g/mol. The van der Waals surface area contributed by atoms with Crippen LogP contribution in [0.2, 0.25) is 0 Å². The van der Waals surface area contributed by atoms with Crippen LogP contribution in [0, 0.1) is 5.82 Å². The van der Waals surface area contributed by atoms with Gasteiger partial charge in [0.1, 0.15) is 11.5 Å². The fraction of sp³-hybridized carbons (Fsp3) is 0.368. The van der Waals surface area contributed by atoms with Gasteiger partial charge in [0.15, 0.2) is 12.7 Å². The van der Waals surface area contributed by atoms with Crippen LogP contribution in [0.4, 0.5) is 36.4 Å². The predicted octanol–water partition coefficient (Wildman–Crippen LogP) is 3.69. The summed E-state index contributed by atoms with van der Waals surface area (Å²) in [5, 5.41) is 2.35. The number of halogens is 7. The quantitative estimate of drug-likeness (QED) is 0.613. The summed E-state index contributed by atoms with van der Waals surface area (Å²) in [5.41, 5.74) is 3.00. The van der Waals surface area contributed by atoms with Crippen LogP contribution in [0.1, 0.15) is 29.4 Å². The van der Waals surface area contributed by atoms with E-state index in [0.29, 0.717) is 0 Å². The van der Waals surface area contributed by atoms with Crippen molar-refractivity contribution in [2.45, 2.75) is 37.3 Å². The Hall–Kier alpha value is -3.65. The molecule has 1 aliphatic rings. The molecule has 0 saturated heterocycles. The topological polar surface area (TPSA) is 112 Å². The van der Waals surface area contributed by atoms with E-state index in [1.165, 1.54) is 6.92 Å². The fourth-order valence-corrected chi connectivity index (χ4v) is 3.09. The van der Waals surface area contributed by atoms with E-state index in [1.54, 1.807) is 0 Å². The third-order valence-electron chi connectivity index (χ3n) is 4.62. The van der Waals surface area contributed by atoms with Crippen molar-refractivity contribution < 1.29 is 45.0 Å². The molecule has 2 heterocycles. The molecule has 0 aliphatic carbocycles. The van der Waals surface area contributed by atoms with Gasteiger partial charge in [-0.05, 0) is 25.1 Å². The van der Waals surface area contributed by atoms with Crippen molar-refractivity contribution in [2.75, 3.05) is 11.9 Å². The minimum absolute atomic E-state index is 0.0226. The van der Waals surface area contributed by atoms with E-state index in [1.807, 2.05) is 0 Å². The molecule has 1 aliphatic heterocycles. The molecule has 34 heavy (non-hydrogen) atoms. The third-order valence-corrected chi connectivity index (χ3v) is 4.62. The van der Waals surface area contributed by atoms with Gasteiger partial charge in [-0.3, -0.25) is 4.79 Å². The molecule has 3 N–H and O–H groups in total. The number of carbonyl (C=O) groups is 1. The molecule has 0 radical (unpaired) electrons. The SMILES string of the molecule is C[C@]1(c2cc(NC(=O)c3cnc(OCC(F)(F)F)cn3)ccc2F)C[C@@H](C(F)(F)F)OC(N)=N1. The molecule has 184 valence electrons. The summed E-state index contributed by atoms with van der Waals surface area (Å²) in [7, 11) is 0. The number of nitrogens with zero attached hydrogens (tertiary/aromatic N) is 3. The normalized spacial score (nSPS) is 20.8. The Kier molecular flexibility index (Phi) is 6.57. The summed E-state index contributed by atoms with van der Waals surface area (Å²) in [6.07, 6.45) is -10.8. The number of ether oxygens (including phenoxy) is 2. The number of amides is 1. The molecule has 1 aromatic heterocycles. The van der Waals surface area contributed by atoms with Crippen LogP contribution in [0.15, 0.2) is 35.6 Å². The molecular formula is C19H16F7N5O3. The second kappa shape index (κ2) is 8.95. The highest BCUT2D eigenvalue weighted by Crippen LogP contribution is 2.41.